The molecule has 2 aromatic rings. The first-order valence-electron chi connectivity index (χ1n) is 10.5. The molecule has 1 heterocycles. The number of urea groups is 1. The molecule has 1 aliphatic heterocycles. The van der Waals surface area contributed by atoms with E-state index in [1.54, 1.807) is 31.2 Å². The van der Waals surface area contributed by atoms with Crippen LogP contribution < -0.4 is 16.0 Å². The van der Waals surface area contributed by atoms with E-state index in [1.807, 2.05) is 50.2 Å². The fourth-order valence-corrected chi connectivity index (χ4v) is 3.69. The molecule has 0 saturated heterocycles. The summed E-state index contributed by atoms with van der Waals surface area (Å²) in [4.78, 5) is 27.2. The molecule has 0 saturated carbocycles. The molecular formula is C24H28N4O4S. The first-order valence-corrected chi connectivity index (χ1v) is 10.9. The number of amides is 2. The smallest absolute Gasteiger partial charge is 0.338 e. The summed E-state index contributed by atoms with van der Waals surface area (Å²) in [5, 5.41) is 9.38. The molecular weight excluding hydrogens is 440 g/mol. The fourth-order valence-electron chi connectivity index (χ4n) is 3.44. The Morgan fingerprint density at radius 2 is 1.85 bits per heavy atom. The number of thiocarbonyl (C=S) groups is 1. The molecule has 8 nitrogen and oxygen atoms in total. The van der Waals surface area contributed by atoms with Crippen molar-refractivity contribution in [1.29, 1.82) is 0 Å². The Bertz CT molecular complexity index is 1090. The Labute approximate surface area is 198 Å². The molecule has 2 amide bonds. The molecule has 0 fully saturated rings. The number of methoxy groups -OCH3 is 1. The molecule has 9 heteroatoms. The van der Waals surface area contributed by atoms with Crippen LogP contribution in [0.15, 0.2) is 59.8 Å². The molecule has 174 valence electrons. The number of carbonyl (C=O) groups excluding carboxylic acids is 2. The van der Waals surface area contributed by atoms with E-state index in [4.69, 9.17) is 21.7 Å². The van der Waals surface area contributed by atoms with Gasteiger partial charge in [-0.25, -0.2) is 9.59 Å². The van der Waals surface area contributed by atoms with Gasteiger partial charge in [0.05, 0.1) is 18.2 Å². The number of para-hydroxylation sites is 1. The minimum Gasteiger partial charge on any atom is -0.460 e. The Balaban J connectivity index is 1.83. The van der Waals surface area contributed by atoms with Crippen molar-refractivity contribution in [3.8, 4) is 0 Å². The topological polar surface area (TPSA) is 91.9 Å². The highest BCUT2D eigenvalue weighted by atomic mass is 32.1. The number of aryl methyl sites for hydroxylation is 1. The summed E-state index contributed by atoms with van der Waals surface area (Å²) >= 11 is 5.44. The van der Waals surface area contributed by atoms with Crippen molar-refractivity contribution in [3.63, 3.8) is 0 Å². The standard InChI is InChI=1S/C24H28N4O4S/c1-15-8-5-6-11-19(15)26-23(30)25-18-10-7-9-17(14-18)21-20(22(29)32-13-12-31-4)16(2)28(3)24(33)27-21/h5-11,14,21H,12-13H2,1-4H3,(H,27,33)(H2,25,26,30). The van der Waals surface area contributed by atoms with Crippen LogP contribution in [0.5, 0.6) is 0 Å². The maximum Gasteiger partial charge on any atom is 0.338 e. The summed E-state index contributed by atoms with van der Waals surface area (Å²) in [7, 11) is 3.33. The second kappa shape index (κ2) is 10.9. The van der Waals surface area contributed by atoms with Gasteiger partial charge in [-0.1, -0.05) is 30.3 Å². The summed E-state index contributed by atoms with van der Waals surface area (Å²) < 4.78 is 10.4. The van der Waals surface area contributed by atoms with Gasteiger partial charge < -0.3 is 30.3 Å². The van der Waals surface area contributed by atoms with Gasteiger partial charge in [0.2, 0.25) is 0 Å². The van der Waals surface area contributed by atoms with Gasteiger partial charge in [0, 0.05) is 31.2 Å². The first kappa shape index (κ1) is 24.2. The van der Waals surface area contributed by atoms with Gasteiger partial charge in [0.1, 0.15) is 6.61 Å². The van der Waals surface area contributed by atoms with Crippen molar-refractivity contribution < 1.29 is 19.1 Å². The zero-order chi connectivity index (χ0) is 24.0. The molecule has 3 rings (SSSR count). The monoisotopic (exact) mass is 468 g/mol. The Hall–Kier alpha value is -3.43. The first-order chi connectivity index (χ1) is 15.8. The predicted octanol–water partition coefficient (Wildman–Crippen LogP) is 3.96. The second-order valence-corrected chi connectivity index (χ2v) is 7.98. The van der Waals surface area contributed by atoms with E-state index < -0.39 is 12.0 Å². The third-order valence-corrected chi connectivity index (χ3v) is 5.76. The Morgan fingerprint density at radius 1 is 1.09 bits per heavy atom. The van der Waals surface area contributed by atoms with E-state index >= 15 is 0 Å². The zero-order valence-electron chi connectivity index (χ0n) is 19.1. The van der Waals surface area contributed by atoms with Gasteiger partial charge in [-0.3, -0.25) is 0 Å². The molecule has 33 heavy (non-hydrogen) atoms. The van der Waals surface area contributed by atoms with E-state index in [0.717, 1.165) is 16.8 Å². The average Bonchev–Trinajstić information content (AvgIpc) is 2.79. The quantitative estimate of drug-likeness (QED) is 0.322. The lowest BCUT2D eigenvalue weighted by molar-refractivity contribution is -0.140. The largest absolute Gasteiger partial charge is 0.460 e. The number of rotatable bonds is 7. The number of nitrogens with zero attached hydrogens (tertiary/aromatic N) is 1. The molecule has 0 aromatic heterocycles. The van der Waals surface area contributed by atoms with Crippen LogP contribution in [0, 0.1) is 6.92 Å². The van der Waals surface area contributed by atoms with Crippen LogP contribution in [0.25, 0.3) is 0 Å². The van der Waals surface area contributed by atoms with Crippen LogP contribution in [-0.2, 0) is 14.3 Å². The van der Waals surface area contributed by atoms with Crippen LogP contribution in [-0.4, -0.2) is 49.4 Å². The lowest BCUT2D eigenvalue weighted by atomic mass is 9.95. The average molecular weight is 469 g/mol. The molecule has 0 bridgehead atoms. The van der Waals surface area contributed by atoms with Gasteiger partial charge in [0.15, 0.2) is 5.11 Å². The number of nitrogens with one attached hydrogen (secondary N) is 3. The number of esters is 1. The van der Waals surface area contributed by atoms with Crippen molar-refractivity contribution in [2.24, 2.45) is 0 Å². The molecule has 0 radical (unpaired) electrons. The highest BCUT2D eigenvalue weighted by Gasteiger charge is 2.33. The second-order valence-electron chi connectivity index (χ2n) is 7.59. The number of ether oxygens (including phenoxy) is 2. The molecule has 1 atom stereocenters. The summed E-state index contributed by atoms with van der Waals surface area (Å²) in [6, 6.07) is 13.9. The van der Waals surface area contributed by atoms with E-state index in [1.165, 1.54) is 0 Å². The molecule has 3 N–H and O–H groups in total. The van der Waals surface area contributed by atoms with Crippen LogP contribution in [0.1, 0.15) is 24.1 Å². The minimum atomic E-state index is -0.523. The summed E-state index contributed by atoms with van der Waals surface area (Å²) in [5.74, 6) is -0.452. The van der Waals surface area contributed by atoms with Crippen molar-refractivity contribution in [2.75, 3.05) is 38.0 Å². The lowest BCUT2D eigenvalue weighted by Gasteiger charge is -2.35. The minimum absolute atomic E-state index is 0.146. The molecule has 2 aromatic carbocycles. The SMILES string of the molecule is COCCOC(=O)C1=C(C)N(C)C(=S)NC1c1cccc(NC(=O)Nc2ccccc2C)c1. The number of hydrogen-bond donors (Lipinski definition) is 3. The maximum atomic E-state index is 12.9. The number of benzene rings is 2. The zero-order valence-corrected chi connectivity index (χ0v) is 19.9. The van der Waals surface area contributed by atoms with E-state index in [2.05, 4.69) is 16.0 Å². The summed E-state index contributed by atoms with van der Waals surface area (Å²) in [6.07, 6.45) is 0. The van der Waals surface area contributed by atoms with Crippen molar-refractivity contribution in [3.05, 3.63) is 70.9 Å². The Kier molecular flexibility index (Phi) is 8.02. The fraction of sp³-hybridized carbons (Fsp3) is 0.292. The van der Waals surface area contributed by atoms with Gasteiger partial charge >= 0.3 is 12.0 Å². The van der Waals surface area contributed by atoms with Crippen LogP contribution >= 0.6 is 12.2 Å². The number of carbonyl (C=O) groups is 2. The predicted molar refractivity (Wildman–Crippen MR) is 132 cm³/mol. The normalized spacial score (nSPS) is 15.7. The molecule has 1 unspecified atom stereocenters. The van der Waals surface area contributed by atoms with Crippen LogP contribution in [0.4, 0.5) is 16.2 Å². The third-order valence-electron chi connectivity index (χ3n) is 5.37. The van der Waals surface area contributed by atoms with Crippen molar-refractivity contribution in [1.82, 2.24) is 10.2 Å². The lowest BCUT2D eigenvalue weighted by Crippen LogP contribution is -2.46. The highest BCUT2D eigenvalue weighted by Crippen LogP contribution is 2.32. The van der Waals surface area contributed by atoms with Crippen molar-refractivity contribution >= 4 is 40.7 Å². The van der Waals surface area contributed by atoms with Gasteiger partial charge in [-0.15, -0.1) is 0 Å². The van der Waals surface area contributed by atoms with Crippen molar-refractivity contribution in [2.45, 2.75) is 19.9 Å². The summed E-state index contributed by atoms with van der Waals surface area (Å²) in [5.41, 5.74) is 4.17. The van der Waals surface area contributed by atoms with Gasteiger partial charge in [0.25, 0.3) is 0 Å². The van der Waals surface area contributed by atoms with Crippen LogP contribution in [0.3, 0.4) is 0 Å². The van der Waals surface area contributed by atoms with Gasteiger partial charge in [-0.2, -0.15) is 0 Å². The maximum absolute atomic E-state index is 12.9. The number of hydrogen-bond acceptors (Lipinski definition) is 5. The molecule has 0 spiro atoms. The molecule has 1 aliphatic rings. The van der Waals surface area contributed by atoms with Crippen LogP contribution in [0.2, 0.25) is 0 Å². The molecule has 0 aliphatic carbocycles. The third kappa shape index (κ3) is 5.88. The highest BCUT2D eigenvalue weighted by molar-refractivity contribution is 7.80. The van der Waals surface area contributed by atoms with E-state index in [9.17, 15) is 9.59 Å². The van der Waals surface area contributed by atoms with E-state index in [0.29, 0.717) is 28.7 Å². The summed E-state index contributed by atoms with van der Waals surface area (Å²) in [6.45, 7) is 4.20. The number of allylic oxidation sites excluding steroid dienone is 1. The van der Waals surface area contributed by atoms with Gasteiger partial charge in [-0.05, 0) is 55.4 Å². The Morgan fingerprint density at radius 3 is 2.58 bits per heavy atom. The van der Waals surface area contributed by atoms with E-state index in [-0.39, 0.29) is 12.6 Å². The number of anilines is 2.